The van der Waals surface area contributed by atoms with Gasteiger partial charge in [0, 0.05) is 12.6 Å². The molecule has 2 rings (SSSR count). The number of hydrogen-bond donors (Lipinski definition) is 1. The van der Waals surface area contributed by atoms with E-state index in [9.17, 15) is 10.1 Å². The Morgan fingerprint density at radius 2 is 2.17 bits per heavy atom. The molecule has 1 aromatic carbocycles. The summed E-state index contributed by atoms with van der Waals surface area (Å²) in [5.41, 5.74) is 0.807. The number of benzene rings is 1. The molecule has 1 saturated carbocycles. The number of nitro groups is 1. The van der Waals surface area contributed by atoms with Gasteiger partial charge in [0.15, 0.2) is 0 Å². The van der Waals surface area contributed by atoms with Crippen molar-refractivity contribution in [3.63, 3.8) is 0 Å². The summed E-state index contributed by atoms with van der Waals surface area (Å²) in [4.78, 5) is 10.6. The van der Waals surface area contributed by atoms with Gasteiger partial charge in [0.25, 0.3) is 5.69 Å². The molecular weight excluding hydrogens is 228 g/mol. The lowest BCUT2D eigenvalue weighted by molar-refractivity contribution is -0.384. The van der Waals surface area contributed by atoms with Gasteiger partial charge >= 0.3 is 0 Å². The first-order chi connectivity index (χ1) is 8.66. The van der Waals surface area contributed by atoms with Gasteiger partial charge in [0.05, 0.1) is 4.92 Å². The van der Waals surface area contributed by atoms with Gasteiger partial charge in [-0.2, -0.15) is 0 Å². The molecule has 0 saturated heterocycles. The van der Waals surface area contributed by atoms with E-state index in [2.05, 4.69) is 12.2 Å². The highest BCUT2D eigenvalue weighted by Gasteiger charge is 2.19. The van der Waals surface area contributed by atoms with Crippen LogP contribution in [0.5, 0.6) is 0 Å². The van der Waals surface area contributed by atoms with Gasteiger partial charge in [-0.1, -0.05) is 31.9 Å². The fourth-order valence-corrected chi connectivity index (χ4v) is 2.78. The zero-order valence-corrected chi connectivity index (χ0v) is 10.8. The second-order valence-corrected chi connectivity index (χ2v) is 5.29. The van der Waals surface area contributed by atoms with Crippen LogP contribution in [-0.2, 0) is 0 Å². The van der Waals surface area contributed by atoms with Crippen molar-refractivity contribution in [1.29, 1.82) is 0 Å². The summed E-state index contributed by atoms with van der Waals surface area (Å²) in [7, 11) is 0. The van der Waals surface area contributed by atoms with Gasteiger partial charge < -0.3 is 5.32 Å². The third-order valence-corrected chi connectivity index (χ3v) is 3.73. The van der Waals surface area contributed by atoms with Crippen molar-refractivity contribution >= 4 is 11.4 Å². The van der Waals surface area contributed by atoms with Crippen molar-refractivity contribution in [2.24, 2.45) is 11.8 Å². The summed E-state index contributed by atoms with van der Waals surface area (Å²) >= 11 is 0. The molecule has 1 aliphatic carbocycles. The van der Waals surface area contributed by atoms with Crippen LogP contribution in [0.15, 0.2) is 24.3 Å². The highest BCUT2D eigenvalue weighted by atomic mass is 16.6. The van der Waals surface area contributed by atoms with Crippen LogP contribution >= 0.6 is 0 Å². The van der Waals surface area contributed by atoms with Crippen LogP contribution in [0.3, 0.4) is 0 Å². The van der Waals surface area contributed by atoms with Crippen molar-refractivity contribution in [1.82, 2.24) is 0 Å². The number of anilines is 1. The lowest BCUT2D eigenvalue weighted by Crippen LogP contribution is -2.21. The molecule has 1 N–H and O–H groups in total. The van der Waals surface area contributed by atoms with Crippen LogP contribution in [0.1, 0.15) is 32.6 Å². The van der Waals surface area contributed by atoms with E-state index in [4.69, 9.17) is 0 Å². The molecule has 18 heavy (non-hydrogen) atoms. The minimum absolute atomic E-state index is 0.168. The molecule has 0 aromatic heterocycles. The second-order valence-electron chi connectivity index (χ2n) is 5.29. The lowest BCUT2D eigenvalue weighted by Gasteiger charge is -2.27. The number of hydrogen-bond acceptors (Lipinski definition) is 3. The first-order valence-corrected chi connectivity index (χ1v) is 6.64. The second kappa shape index (κ2) is 5.85. The Morgan fingerprint density at radius 3 is 2.89 bits per heavy atom. The first kappa shape index (κ1) is 12.9. The molecular formula is C14H20N2O2. The van der Waals surface area contributed by atoms with E-state index < -0.39 is 0 Å². The highest BCUT2D eigenvalue weighted by molar-refractivity contribution is 5.61. The molecule has 4 nitrogen and oxygen atoms in total. The highest BCUT2D eigenvalue weighted by Crippen LogP contribution is 2.30. The first-order valence-electron chi connectivity index (χ1n) is 6.64. The smallest absolute Gasteiger partial charge is 0.292 e. The van der Waals surface area contributed by atoms with E-state index in [0.29, 0.717) is 11.6 Å². The minimum Gasteiger partial charge on any atom is -0.379 e. The van der Waals surface area contributed by atoms with Crippen molar-refractivity contribution in [2.75, 3.05) is 11.9 Å². The van der Waals surface area contributed by atoms with Crippen molar-refractivity contribution in [3.8, 4) is 0 Å². The van der Waals surface area contributed by atoms with Crippen LogP contribution in [0, 0.1) is 22.0 Å². The standard InChI is InChI=1S/C14H20N2O2/c1-11-5-4-6-12(9-11)10-15-13-7-2-3-8-14(13)16(17)18/h2-3,7-8,11-12,15H,4-6,9-10H2,1H3. The van der Waals surface area contributed by atoms with Crippen LogP contribution < -0.4 is 5.32 Å². The lowest BCUT2D eigenvalue weighted by atomic mass is 9.82. The molecule has 2 unspecified atom stereocenters. The number of para-hydroxylation sites is 2. The Labute approximate surface area is 108 Å². The number of nitro benzene ring substituents is 1. The average molecular weight is 248 g/mol. The Kier molecular flexibility index (Phi) is 4.18. The molecule has 0 bridgehead atoms. The molecule has 0 radical (unpaired) electrons. The molecule has 0 amide bonds. The topological polar surface area (TPSA) is 55.2 Å². The van der Waals surface area contributed by atoms with Gasteiger partial charge in [-0.15, -0.1) is 0 Å². The predicted octanol–water partition coefficient (Wildman–Crippen LogP) is 3.83. The Hall–Kier alpha value is -1.58. The third kappa shape index (κ3) is 3.22. The zero-order chi connectivity index (χ0) is 13.0. The SMILES string of the molecule is CC1CCCC(CNc2ccccc2[N+](=O)[O-])C1. The van der Waals surface area contributed by atoms with Gasteiger partial charge in [-0.3, -0.25) is 10.1 Å². The average Bonchev–Trinajstić information content (AvgIpc) is 2.37. The summed E-state index contributed by atoms with van der Waals surface area (Å²) in [6.45, 7) is 3.13. The monoisotopic (exact) mass is 248 g/mol. The maximum atomic E-state index is 10.9. The molecule has 0 aliphatic heterocycles. The summed E-state index contributed by atoms with van der Waals surface area (Å²) in [6, 6.07) is 6.86. The van der Waals surface area contributed by atoms with Gasteiger partial charge in [0.1, 0.15) is 5.69 Å². The van der Waals surface area contributed by atoms with Gasteiger partial charge in [-0.25, -0.2) is 0 Å². The maximum absolute atomic E-state index is 10.9. The van der Waals surface area contributed by atoms with Crippen LogP contribution in [0.4, 0.5) is 11.4 Å². The molecule has 0 heterocycles. The van der Waals surface area contributed by atoms with Crippen LogP contribution in [-0.4, -0.2) is 11.5 Å². The van der Waals surface area contributed by atoms with Crippen molar-refractivity contribution < 1.29 is 4.92 Å². The molecule has 98 valence electrons. The Balaban J connectivity index is 1.95. The molecule has 1 aromatic rings. The van der Waals surface area contributed by atoms with Crippen LogP contribution in [0.2, 0.25) is 0 Å². The van der Waals surface area contributed by atoms with E-state index >= 15 is 0 Å². The molecule has 0 spiro atoms. The van der Waals surface area contributed by atoms with Crippen molar-refractivity contribution in [3.05, 3.63) is 34.4 Å². The molecule has 4 heteroatoms. The van der Waals surface area contributed by atoms with E-state index in [1.54, 1.807) is 18.2 Å². The largest absolute Gasteiger partial charge is 0.379 e. The number of rotatable bonds is 4. The zero-order valence-electron chi connectivity index (χ0n) is 10.8. The normalized spacial score (nSPS) is 23.6. The predicted molar refractivity (Wildman–Crippen MR) is 72.7 cm³/mol. The van der Waals surface area contributed by atoms with Crippen LogP contribution in [0.25, 0.3) is 0 Å². The van der Waals surface area contributed by atoms with E-state index in [0.717, 1.165) is 12.5 Å². The number of nitrogens with zero attached hydrogens (tertiary/aromatic N) is 1. The Bertz CT molecular complexity index is 420. The summed E-state index contributed by atoms with van der Waals surface area (Å²) in [6.07, 6.45) is 5.07. The molecule has 1 fully saturated rings. The minimum atomic E-state index is -0.328. The summed E-state index contributed by atoms with van der Waals surface area (Å²) < 4.78 is 0. The molecule has 2 atom stereocenters. The van der Waals surface area contributed by atoms with Crippen molar-refractivity contribution in [2.45, 2.75) is 32.6 Å². The van der Waals surface area contributed by atoms with E-state index in [1.807, 2.05) is 6.07 Å². The Morgan fingerprint density at radius 1 is 1.39 bits per heavy atom. The fourth-order valence-electron chi connectivity index (χ4n) is 2.78. The quantitative estimate of drug-likeness (QED) is 0.650. The summed E-state index contributed by atoms with van der Waals surface area (Å²) in [5, 5.41) is 14.1. The molecule has 1 aliphatic rings. The van der Waals surface area contributed by atoms with Gasteiger partial charge in [-0.05, 0) is 30.7 Å². The van der Waals surface area contributed by atoms with E-state index in [1.165, 1.54) is 25.7 Å². The third-order valence-electron chi connectivity index (χ3n) is 3.73. The fraction of sp³-hybridized carbons (Fsp3) is 0.571. The maximum Gasteiger partial charge on any atom is 0.292 e. The van der Waals surface area contributed by atoms with Gasteiger partial charge in [0.2, 0.25) is 0 Å². The van der Waals surface area contributed by atoms with E-state index in [-0.39, 0.29) is 10.6 Å². The number of nitrogens with one attached hydrogen (secondary N) is 1. The summed E-state index contributed by atoms with van der Waals surface area (Å²) in [5.74, 6) is 1.44.